The van der Waals surface area contributed by atoms with Crippen LogP contribution in [0.4, 0.5) is 11.6 Å². The highest BCUT2D eigenvalue weighted by Crippen LogP contribution is 2.24. The minimum Gasteiger partial charge on any atom is -0.441 e. The molecule has 0 spiro atoms. The van der Waals surface area contributed by atoms with E-state index in [1.165, 1.54) is 6.08 Å². The number of nitrogens with one attached hydrogen (secondary N) is 1. The highest BCUT2D eigenvalue weighted by atomic mass is 16.4. The third-order valence-corrected chi connectivity index (χ3v) is 4.45. The number of amides is 1. The average Bonchev–Trinajstić information content (AvgIpc) is 3.27. The maximum absolute atomic E-state index is 12.4. The first kappa shape index (κ1) is 16.8. The maximum Gasteiger partial charge on any atom is 0.266 e. The average molecular weight is 335 g/mol. The van der Waals surface area contributed by atoms with Crippen LogP contribution >= 0.6 is 0 Å². The topological polar surface area (TPSA) is 69.3 Å². The second-order valence-corrected chi connectivity index (χ2v) is 6.29. The fraction of sp³-hybridized carbons (Fsp3) is 0.300. The Labute approximate surface area is 147 Å². The van der Waals surface area contributed by atoms with Gasteiger partial charge in [-0.2, -0.15) is 5.26 Å². The Balaban J connectivity index is 1.74. The third-order valence-electron chi connectivity index (χ3n) is 4.45. The number of anilines is 2. The van der Waals surface area contributed by atoms with Crippen molar-refractivity contribution in [2.24, 2.45) is 0 Å². The van der Waals surface area contributed by atoms with Crippen molar-refractivity contribution in [3.8, 4) is 6.07 Å². The fourth-order valence-electron chi connectivity index (χ4n) is 2.84. The second-order valence-electron chi connectivity index (χ2n) is 6.29. The Hall–Kier alpha value is -3.00. The van der Waals surface area contributed by atoms with Crippen molar-refractivity contribution in [1.82, 2.24) is 0 Å². The van der Waals surface area contributed by atoms with E-state index in [-0.39, 0.29) is 5.57 Å². The molecule has 128 valence electrons. The molecule has 25 heavy (non-hydrogen) atoms. The molecule has 2 aromatic rings. The van der Waals surface area contributed by atoms with E-state index in [1.807, 2.05) is 44.2 Å². The molecule has 1 aliphatic heterocycles. The molecule has 5 nitrogen and oxygen atoms in total. The van der Waals surface area contributed by atoms with Crippen LogP contribution in [0, 0.1) is 25.2 Å². The summed E-state index contributed by atoms with van der Waals surface area (Å²) >= 11 is 0. The van der Waals surface area contributed by atoms with Crippen molar-refractivity contribution < 1.29 is 9.21 Å². The number of carbonyl (C=O) groups excluding carboxylic acids is 1. The van der Waals surface area contributed by atoms with Gasteiger partial charge >= 0.3 is 0 Å². The van der Waals surface area contributed by atoms with Crippen molar-refractivity contribution in [2.45, 2.75) is 26.7 Å². The lowest BCUT2D eigenvalue weighted by atomic mass is 10.1. The van der Waals surface area contributed by atoms with Gasteiger partial charge in [0.1, 0.15) is 17.4 Å². The monoisotopic (exact) mass is 335 g/mol. The molecule has 0 unspecified atom stereocenters. The van der Waals surface area contributed by atoms with Crippen molar-refractivity contribution in [3.63, 3.8) is 0 Å². The molecule has 3 rings (SSSR count). The summed E-state index contributed by atoms with van der Waals surface area (Å²) in [6.45, 7) is 5.95. The number of furan rings is 1. The molecule has 2 heterocycles. The predicted octanol–water partition coefficient (Wildman–Crippen LogP) is 4.04. The predicted molar refractivity (Wildman–Crippen MR) is 98.3 cm³/mol. The first-order valence-corrected chi connectivity index (χ1v) is 8.42. The van der Waals surface area contributed by atoms with E-state index in [0.717, 1.165) is 42.9 Å². The Morgan fingerprint density at radius 3 is 2.64 bits per heavy atom. The van der Waals surface area contributed by atoms with E-state index in [0.29, 0.717) is 11.4 Å². The zero-order valence-corrected chi connectivity index (χ0v) is 14.5. The zero-order chi connectivity index (χ0) is 17.8. The molecule has 0 radical (unpaired) electrons. The van der Waals surface area contributed by atoms with Crippen LogP contribution in [-0.4, -0.2) is 19.0 Å². The van der Waals surface area contributed by atoms with Gasteiger partial charge in [-0.1, -0.05) is 6.07 Å². The summed E-state index contributed by atoms with van der Waals surface area (Å²) in [6.07, 6.45) is 3.80. The quantitative estimate of drug-likeness (QED) is 0.676. The Morgan fingerprint density at radius 1 is 1.20 bits per heavy atom. The van der Waals surface area contributed by atoms with E-state index in [1.54, 1.807) is 6.07 Å². The first-order valence-electron chi connectivity index (χ1n) is 8.42. The summed E-state index contributed by atoms with van der Waals surface area (Å²) in [5.41, 5.74) is 2.92. The van der Waals surface area contributed by atoms with Gasteiger partial charge in [-0.15, -0.1) is 0 Å². The molecular weight excluding hydrogens is 314 g/mol. The van der Waals surface area contributed by atoms with Crippen molar-refractivity contribution in [3.05, 3.63) is 52.8 Å². The molecule has 1 fully saturated rings. The summed E-state index contributed by atoms with van der Waals surface area (Å²) in [6, 6.07) is 11.3. The Morgan fingerprint density at radius 2 is 1.96 bits per heavy atom. The molecule has 0 saturated carbocycles. The SMILES string of the molecule is Cc1ccc(NC(=O)/C(C#N)=C\c2ccc(N3CCCC3)o2)cc1C. The number of hydrogen-bond acceptors (Lipinski definition) is 4. The summed E-state index contributed by atoms with van der Waals surface area (Å²) in [7, 11) is 0. The Kier molecular flexibility index (Phi) is 4.90. The second kappa shape index (κ2) is 7.27. The van der Waals surface area contributed by atoms with Gasteiger partial charge in [0, 0.05) is 30.9 Å². The molecule has 0 atom stereocenters. The lowest BCUT2D eigenvalue weighted by Crippen LogP contribution is -2.16. The highest BCUT2D eigenvalue weighted by molar-refractivity contribution is 6.09. The van der Waals surface area contributed by atoms with Gasteiger partial charge in [0.2, 0.25) is 0 Å². The number of nitrogens with zero attached hydrogens (tertiary/aromatic N) is 2. The molecule has 1 aliphatic rings. The molecular formula is C20H21N3O2. The van der Waals surface area contributed by atoms with Gasteiger partial charge in [0.25, 0.3) is 5.91 Å². The lowest BCUT2D eigenvalue weighted by molar-refractivity contribution is -0.112. The smallest absolute Gasteiger partial charge is 0.266 e. The van der Waals surface area contributed by atoms with Gasteiger partial charge in [-0.25, -0.2) is 0 Å². The van der Waals surface area contributed by atoms with Crippen LogP contribution in [0.1, 0.15) is 29.7 Å². The number of rotatable bonds is 4. The summed E-state index contributed by atoms with van der Waals surface area (Å²) < 4.78 is 5.75. The largest absolute Gasteiger partial charge is 0.441 e. The van der Waals surface area contributed by atoms with Gasteiger partial charge in [-0.3, -0.25) is 4.79 Å². The van der Waals surface area contributed by atoms with Crippen LogP contribution in [0.2, 0.25) is 0 Å². The minimum absolute atomic E-state index is 0.0144. The standard InChI is InChI=1S/C20H21N3O2/c1-14-5-6-17(11-15(14)2)22-20(24)16(13-21)12-18-7-8-19(25-18)23-9-3-4-10-23/h5-8,11-12H,3-4,9-10H2,1-2H3,(H,22,24)/b16-12-. The van der Waals surface area contributed by atoms with Crippen LogP contribution in [0.3, 0.4) is 0 Å². The van der Waals surface area contributed by atoms with E-state index < -0.39 is 5.91 Å². The molecule has 1 N–H and O–H groups in total. The third kappa shape index (κ3) is 3.92. The van der Waals surface area contributed by atoms with E-state index in [2.05, 4.69) is 10.2 Å². The van der Waals surface area contributed by atoms with Gasteiger partial charge in [0.05, 0.1) is 0 Å². The number of hydrogen-bond donors (Lipinski definition) is 1. The van der Waals surface area contributed by atoms with Crippen LogP contribution in [-0.2, 0) is 4.79 Å². The Bertz CT molecular complexity index is 852. The van der Waals surface area contributed by atoms with Gasteiger partial charge < -0.3 is 14.6 Å². The van der Waals surface area contributed by atoms with Crippen LogP contribution in [0.25, 0.3) is 6.08 Å². The fourth-order valence-corrected chi connectivity index (χ4v) is 2.84. The van der Waals surface area contributed by atoms with Gasteiger partial charge in [0.15, 0.2) is 5.88 Å². The molecule has 0 aliphatic carbocycles. The summed E-state index contributed by atoms with van der Waals surface area (Å²) in [4.78, 5) is 14.5. The molecule has 0 bridgehead atoms. The van der Waals surface area contributed by atoms with Crippen LogP contribution in [0.15, 0.2) is 40.3 Å². The van der Waals surface area contributed by atoms with E-state index in [9.17, 15) is 10.1 Å². The number of carbonyl (C=O) groups is 1. The highest BCUT2D eigenvalue weighted by Gasteiger charge is 2.16. The molecule has 1 aromatic heterocycles. The van der Waals surface area contributed by atoms with Crippen molar-refractivity contribution in [1.29, 1.82) is 5.26 Å². The summed E-state index contributed by atoms with van der Waals surface area (Å²) in [5, 5.41) is 12.1. The maximum atomic E-state index is 12.4. The normalized spacial score (nSPS) is 14.4. The van der Waals surface area contributed by atoms with Gasteiger partial charge in [-0.05, 0) is 56.0 Å². The van der Waals surface area contributed by atoms with Crippen LogP contribution < -0.4 is 10.2 Å². The number of aryl methyl sites for hydroxylation is 2. The summed E-state index contributed by atoms with van der Waals surface area (Å²) in [5.74, 6) is 0.856. The molecule has 1 aromatic carbocycles. The van der Waals surface area contributed by atoms with Crippen molar-refractivity contribution in [2.75, 3.05) is 23.3 Å². The molecule has 1 saturated heterocycles. The first-order chi connectivity index (χ1) is 12.1. The molecule has 5 heteroatoms. The van der Waals surface area contributed by atoms with Crippen LogP contribution in [0.5, 0.6) is 0 Å². The van der Waals surface area contributed by atoms with E-state index in [4.69, 9.17) is 4.42 Å². The minimum atomic E-state index is -0.440. The molecule has 1 amide bonds. The van der Waals surface area contributed by atoms with Crippen molar-refractivity contribution >= 4 is 23.6 Å². The number of nitriles is 1. The zero-order valence-electron chi connectivity index (χ0n) is 14.5. The number of benzene rings is 1. The van der Waals surface area contributed by atoms with E-state index >= 15 is 0 Å². The lowest BCUT2D eigenvalue weighted by Gasteiger charge is -2.12.